The van der Waals surface area contributed by atoms with Gasteiger partial charge in [0, 0.05) is 0 Å². The van der Waals surface area contributed by atoms with E-state index >= 15 is 0 Å². The van der Waals surface area contributed by atoms with Gasteiger partial charge in [-0.25, -0.2) is 0 Å². The summed E-state index contributed by atoms with van der Waals surface area (Å²) in [6.45, 7) is 13.9. The summed E-state index contributed by atoms with van der Waals surface area (Å²) in [7, 11) is 6.91. The van der Waals surface area contributed by atoms with Crippen molar-refractivity contribution < 1.29 is 0 Å². The molecule has 86 valence electrons. The molecule has 0 nitrogen and oxygen atoms in total. The Labute approximate surface area is 97.3 Å². The minimum absolute atomic E-state index is 0.782. The fourth-order valence-corrected chi connectivity index (χ4v) is 17.5. The molecule has 2 heteroatoms. The Morgan fingerprint density at radius 3 is 1.07 bits per heavy atom. The van der Waals surface area contributed by atoms with Crippen LogP contribution in [0.15, 0.2) is 0 Å². The SMILES string of the molecule is CC(C)[CH2][Ge]([Cl])([CH2]C(C)C)[CH2]C(C)C. The average molecular weight is 279 g/mol. The standard InChI is InChI=1S/C12H27ClGe/c1-10(2)7-14(13,8-11(3)4)9-12(5)6/h10-12H,7-9H2,1-6H3. The molecule has 0 aromatic carbocycles. The molecule has 0 atom stereocenters. The van der Waals surface area contributed by atoms with Gasteiger partial charge >= 0.3 is 97.4 Å². The number of hydrogen-bond donors (Lipinski definition) is 0. The van der Waals surface area contributed by atoms with Crippen LogP contribution in [0.25, 0.3) is 0 Å². The van der Waals surface area contributed by atoms with E-state index in [1.54, 1.807) is 0 Å². The van der Waals surface area contributed by atoms with Gasteiger partial charge in [-0.2, -0.15) is 0 Å². The first-order valence-corrected chi connectivity index (χ1v) is 13.1. The monoisotopic (exact) mass is 280 g/mol. The van der Waals surface area contributed by atoms with E-state index < -0.39 is 12.3 Å². The molecular formula is C12H27ClGe. The van der Waals surface area contributed by atoms with Crippen molar-refractivity contribution in [1.82, 2.24) is 0 Å². The summed E-state index contributed by atoms with van der Waals surface area (Å²) in [6, 6.07) is 0. The van der Waals surface area contributed by atoms with Crippen LogP contribution in [0.1, 0.15) is 41.5 Å². The van der Waals surface area contributed by atoms with Crippen molar-refractivity contribution in [2.45, 2.75) is 57.3 Å². The van der Waals surface area contributed by atoms with Crippen LogP contribution < -0.4 is 0 Å². The summed E-state index contributed by atoms with van der Waals surface area (Å²) in [6.07, 6.45) is 0. The number of rotatable bonds is 6. The molecule has 0 fully saturated rings. The Balaban J connectivity index is 4.32. The molecule has 0 amide bonds. The Kier molecular flexibility index (Phi) is 6.80. The number of halogens is 1. The zero-order valence-corrected chi connectivity index (χ0v) is 13.6. The molecular weight excluding hydrogens is 252 g/mol. The quantitative estimate of drug-likeness (QED) is 0.591. The molecule has 0 radical (unpaired) electrons. The van der Waals surface area contributed by atoms with E-state index in [4.69, 9.17) is 10.0 Å². The fourth-order valence-electron chi connectivity index (χ4n) is 2.44. The molecule has 0 rings (SSSR count). The second-order valence-corrected chi connectivity index (χ2v) is 17.5. The Hall–Kier alpha value is 0.833. The second kappa shape index (κ2) is 6.42. The summed E-state index contributed by atoms with van der Waals surface area (Å²) in [5.74, 6) is 2.35. The van der Waals surface area contributed by atoms with E-state index in [9.17, 15) is 0 Å². The molecule has 0 aliphatic rings. The average Bonchev–Trinajstić information content (AvgIpc) is 1.76. The van der Waals surface area contributed by atoms with Gasteiger partial charge in [0.1, 0.15) is 0 Å². The van der Waals surface area contributed by atoms with Crippen molar-refractivity contribution in [2.75, 3.05) is 0 Å². The van der Waals surface area contributed by atoms with Crippen LogP contribution in [-0.4, -0.2) is 12.3 Å². The normalized spacial score (nSPS) is 13.3. The maximum absolute atomic E-state index is 6.91. The van der Waals surface area contributed by atoms with E-state index in [0.717, 1.165) is 17.8 Å². The molecule has 0 saturated heterocycles. The predicted molar refractivity (Wildman–Crippen MR) is 70.5 cm³/mol. The van der Waals surface area contributed by atoms with Crippen molar-refractivity contribution in [3.63, 3.8) is 0 Å². The van der Waals surface area contributed by atoms with Gasteiger partial charge in [0.15, 0.2) is 0 Å². The summed E-state index contributed by atoms with van der Waals surface area (Å²) in [5.41, 5.74) is 0. The minimum atomic E-state index is -1.99. The molecule has 0 N–H and O–H groups in total. The maximum atomic E-state index is 6.91. The summed E-state index contributed by atoms with van der Waals surface area (Å²) < 4.78 is 0. The van der Waals surface area contributed by atoms with Crippen LogP contribution in [0.5, 0.6) is 0 Å². The number of hydrogen-bond acceptors (Lipinski definition) is 0. The van der Waals surface area contributed by atoms with Crippen LogP contribution in [0.3, 0.4) is 0 Å². The van der Waals surface area contributed by atoms with Gasteiger partial charge in [-0.05, 0) is 0 Å². The van der Waals surface area contributed by atoms with Crippen LogP contribution in [0.4, 0.5) is 0 Å². The molecule has 14 heavy (non-hydrogen) atoms. The van der Waals surface area contributed by atoms with Gasteiger partial charge in [-0.15, -0.1) is 0 Å². The van der Waals surface area contributed by atoms with E-state index in [0.29, 0.717) is 0 Å². The van der Waals surface area contributed by atoms with Crippen molar-refractivity contribution in [3.8, 4) is 0 Å². The van der Waals surface area contributed by atoms with Gasteiger partial charge < -0.3 is 0 Å². The third-order valence-corrected chi connectivity index (χ3v) is 14.5. The summed E-state index contributed by atoms with van der Waals surface area (Å²) in [4.78, 5) is 0. The van der Waals surface area contributed by atoms with E-state index in [-0.39, 0.29) is 0 Å². The Bertz CT molecular complexity index is 126. The zero-order valence-electron chi connectivity index (χ0n) is 10.7. The molecule has 0 unspecified atom stereocenters. The van der Waals surface area contributed by atoms with Crippen LogP contribution in [-0.2, 0) is 0 Å². The summed E-state index contributed by atoms with van der Waals surface area (Å²) in [5, 5.41) is 3.99. The molecule has 0 aromatic rings. The van der Waals surface area contributed by atoms with Gasteiger partial charge in [-0.1, -0.05) is 0 Å². The van der Waals surface area contributed by atoms with Crippen molar-refractivity contribution in [1.29, 1.82) is 0 Å². The molecule has 0 aliphatic carbocycles. The molecule has 0 heterocycles. The Morgan fingerprint density at radius 2 is 0.929 bits per heavy atom. The second-order valence-electron chi connectivity index (χ2n) is 5.94. The van der Waals surface area contributed by atoms with Crippen LogP contribution in [0.2, 0.25) is 15.8 Å². The van der Waals surface area contributed by atoms with E-state index in [1.807, 2.05) is 0 Å². The van der Waals surface area contributed by atoms with Crippen molar-refractivity contribution in [3.05, 3.63) is 0 Å². The first-order valence-electron chi connectivity index (χ1n) is 5.94. The topological polar surface area (TPSA) is 0 Å². The van der Waals surface area contributed by atoms with Crippen molar-refractivity contribution >= 4 is 22.3 Å². The van der Waals surface area contributed by atoms with Gasteiger partial charge in [0.25, 0.3) is 0 Å². The molecule has 0 aliphatic heterocycles. The fraction of sp³-hybridized carbons (Fsp3) is 1.00. The molecule has 0 saturated carbocycles. The molecule has 0 bridgehead atoms. The van der Waals surface area contributed by atoms with Gasteiger partial charge in [0.2, 0.25) is 0 Å². The van der Waals surface area contributed by atoms with E-state index in [1.165, 1.54) is 15.8 Å². The van der Waals surface area contributed by atoms with Gasteiger partial charge in [-0.3, -0.25) is 0 Å². The molecule has 0 aromatic heterocycles. The first-order chi connectivity index (χ1) is 6.25. The molecule has 0 spiro atoms. The van der Waals surface area contributed by atoms with Crippen LogP contribution >= 0.6 is 10.0 Å². The Morgan fingerprint density at radius 1 is 0.714 bits per heavy atom. The van der Waals surface area contributed by atoms with Gasteiger partial charge in [0.05, 0.1) is 0 Å². The third-order valence-electron chi connectivity index (χ3n) is 2.32. The predicted octanol–water partition coefficient (Wildman–Crippen LogP) is 5.14. The third kappa shape index (κ3) is 7.17. The first kappa shape index (κ1) is 14.8. The van der Waals surface area contributed by atoms with Crippen LogP contribution in [0, 0.1) is 17.8 Å². The van der Waals surface area contributed by atoms with E-state index in [2.05, 4.69) is 41.5 Å². The zero-order chi connectivity index (χ0) is 11.4. The summed E-state index contributed by atoms with van der Waals surface area (Å²) >= 11 is -1.99. The van der Waals surface area contributed by atoms with Crippen molar-refractivity contribution in [2.24, 2.45) is 17.8 Å².